The lowest BCUT2D eigenvalue weighted by molar-refractivity contribution is 0.239. The second-order valence-electron chi connectivity index (χ2n) is 5.26. The molecule has 0 saturated carbocycles. The summed E-state index contributed by atoms with van der Waals surface area (Å²) in [4.78, 5) is 2.60. The van der Waals surface area contributed by atoms with Crippen molar-refractivity contribution in [3.05, 3.63) is 35.4 Å². The Morgan fingerprint density at radius 3 is 2.61 bits per heavy atom. The topological polar surface area (TPSA) is 15.3 Å². The van der Waals surface area contributed by atoms with Crippen LogP contribution in [0, 0.1) is 0 Å². The highest BCUT2D eigenvalue weighted by molar-refractivity contribution is 5.32. The van der Waals surface area contributed by atoms with Crippen molar-refractivity contribution >= 4 is 0 Å². The van der Waals surface area contributed by atoms with Gasteiger partial charge in [-0.3, -0.25) is 0 Å². The minimum Gasteiger partial charge on any atom is -0.309 e. The molecule has 100 valence electrons. The maximum atomic E-state index is 3.68. The first-order chi connectivity index (χ1) is 8.85. The molecule has 1 N–H and O–H groups in total. The van der Waals surface area contributed by atoms with Gasteiger partial charge in [0.25, 0.3) is 0 Å². The van der Waals surface area contributed by atoms with Crippen molar-refractivity contribution < 1.29 is 0 Å². The maximum Gasteiger partial charge on any atom is 0.0452 e. The zero-order valence-corrected chi connectivity index (χ0v) is 11.8. The van der Waals surface area contributed by atoms with E-state index < -0.39 is 0 Å². The van der Waals surface area contributed by atoms with Crippen LogP contribution in [-0.2, 0) is 6.42 Å². The van der Waals surface area contributed by atoms with Gasteiger partial charge in [-0.2, -0.15) is 0 Å². The first kappa shape index (κ1) is 13.6. The van der Waals surface area contributed by atoms with E-state index in [0.29, 0.717) is 6.04 Å². The molecule has 0 unspecified atom stereocenters. The third kappa shape index (κ3) is 3.33. The number of fused-ring (bicyclic) bond motifs is 1. The summed E-state index contributed by atoms with van der Waals surface area (Å²) in [6.07, 6.45) is 3.66. The molecule has 0 radical (unpaired) electrons. The molecule has 0 spiro atoms. The Labute approximate surface area is 111 Å². The molecule has 1 atom stereocenters. The number of hydrogen-bond acceptors (Lipinski definition) is 2. The van der Waals surface area contributed by atoms with Crippen LogP contribution in [0.1, 0.15) is 43.9 Å². The molecule has 1 aromatic carbocycles. The lowest BCUT2D eigenvalue weighted by Crippen LogP contribution is -2.39. The minimum atomic E-state index is 0.521. The van der Waals surface area contributed by atoms with Crippen LogP contribution in [0.25, 0.3) is 0 Å². The highest BCUT2D eigenvalue weighted by atomic mass is 15.1. The Hall–Kier alpha value is -0.860. The van der Waals surface area contributed by atoms with Crippen molar-refractivity contribution in [3.63, 3.8) is 0 Å². The molecule has 18 heavy (non-hydrogen) atoms. The molecule has 1 aliphatic heterocycles. The normalized spacial score (nSPS) is 18.9. The van der Waals surface area contributed by atoms with E-state index in [1.165, 1.54) is 43.5 Å². The SMILES string of the molecule is CCCN(CCC)C[C@@H]1NCCc2ccccc21. The van der Waals surface area contributed by atoms with Crippen molar-refractivity contribution in [2.75, 3.05) is 26.2 Å². The Balaban J connectivity index is 2.05. The van der Waals surface area contributed by atoms with Gasteiger partial charge in [0.15, 0.2) is 0 Å². The summed E-state index contributed by atoms with van der Waals surface area (Å²) in [5.74, 6) is 0. The Morgan fingerprint density at radius 2 is 1.89 bits per heavy atom. The van der Waals surface area contributed by atoms with Crippen molar-refractivity contribution in [1.82, 2.24) is 10.2 Å². The van der Waals surface area contributed by atoms with Crippen LogP contribution >= 0.6 is 0 Å². The van der Waals surface area contributed by atoms with Crippen LogP contribution in [0.5, 0.6) is 0 Å². The van der Waals surface area contributed by atoms with Gasteiger partial charge in [0, 0.05) is 12.6 Å². The zero-order valence-electron chi connectivity index (χ0n) is 11.8. The van der Waals surface area contributed by atoms with Gasteiger partial charge in [-0.25, -0.2) is 0 Å². The Bertz CT molecular complexity index is 356. The number of nitrogens with zero attached hydrogens (tertiary/aromatic N) is 1. The average Bonchev–Trinajstić information content (AvgIpc) is 2.40. The van der Waals surface area contributed by atoms with Gasteiger partial charge in [-0.1, -0.05) is 38.1 Å². The predicted octanol–water partition coefficient (Wildman–Crippen LogP) is 3.00. The third-order valence-corrected chi connectivity index (χ3v) is 3.74. The van der Waals surface area contributed by atoms with Crippen LogP contribution in [0.15, 0.2) is 24.3 Å². The molecule has 0 aromatic heterocycles. The van der Waals surface area contributed by atoms with Gasteiger partial charge in [0.1, 0.15) is 0 Å². The number of hydrogen-bond donors (Lipinski definition) is 1. The second-order valence-corrected chi connectivity index (χ2v) is 5.26. The van der Waals surface area contributed by atoms with Crippen LogP contribution in [0.2, 0.25) is 0 Å². The molecule has 2 nitrogen and oxygen atoms in total. The van der Waals surface area contributed by atoms with Crippen LogP contribution in [0.3, 0.4) is 0 Å². The van der Waals surface area contributed by atoms with E-state index in [9.17, 15) is 0 Å². The van der Waals surface area contributed by atoms with Gasteiger partial charge < -0.3 is 10.2 Å². The fourth-order valence-corrected chi connectivity index (χ4v) is 2.94. The van der Waals surface area contributed by atoms with E-state index in [1.54, 1.807) is 0 Å². The quantitative estimate of drug-likeness (QED) is 0.830. The highest BCUT2D eigenvalue weighted by Crippen LogP contribution is 2.23. The lowest BCUT2D eigenvalue weighted by atomic mass is 9.94. The van der Waals surface area contributed by atoms with E-state index in [0.717, 1.165) is 13.1 Å². The molecular weight excluding hydrogens is 220 g/mol. The first-order valence-electron chi connectivity index (χ1n) is 7.38. The third-order valence-electron chi connectivity index (χ3n) is 3.74. The molecular formula is C16H26N2. The molecule has 2 rings (SSSR count). The van der Waals surface area contributed by atoms with Crippen molar-refractivity contribution in [1.29, 1.82) is 0 Å². The highest BCUT2D eigenvalue weighted by Gasteiger charge is 2.20. The van der Waals surface area contributed by atoms with E-state index in [1.807, 2.05) is 0 Å². The van der Waals surface area contributed by atoms with Gasteiger partial charge in [0.05, 0.1) is 0 Å². The molecule has 2 heteroatoms. The summed E-state index contributed by atoms with van der Waals surface area (Å²) in [7, 11) is 0. The van der Waals surface area contributed by atoms with Crippen molar-refractivity contribution in [2.45, 2.75) is 39.2 Å². The summed E-state index contributed by atoms with van der Waals surface area (Å²) in [5.41, 5.74) is 3.05. The molecule has 1 heterocycles. The number of benzene rings is 1. The van der Waals surface area contributed by atoms with Crippen LogP contribution < -0.4 is 5.32 Å². The summed E-state index contributed by atoms with van der Waals surface area (Å²) >= 11 is 0. The molecule has 0 aliphatic carbocycles. The smallest absolute Gasteiger partial charge is 0.0452 e. The monoisotopic (exact) mass is 246 g/mol. The molecule has 1 aliphatic rings. The van der Waals surface area contributed by atoms with E-state index in [-0.39, 0.29) is 0 Å². The Morgan fingerprint density at radius 1 is 1.17 bits per heavy atom. The molecule has 0 fully saturated rings. The predicted molar refractivity (Wildman–Crippen MR) is 77.9 cm³/mol. The molecule has 0 amide bonds. The summed E-state index contributed by atoms with van der Waals surface area (Å²) in [6, 6.07) is 9.43. The second kappa shape index (κ2) is 6.91. The van der Waals surface area contributed by atoms with Gasteiger partial charge in [0.2, 0.25) is 0 Å². The first-order valence-corrected chi connectivity index (χ1v) is 7.38. The lowest BCUT2D eigenvalue weighted by Gasteiger charge is -2.32. The average molecular weight is 246 g/mol. The zero-order chi connectivity index (χ0) is 12.8. The van der Waals surface area contributed by atoms with Gasteiger partial charge in [-0.05, 0) is 50.0 Å². The van der Waals surface area contributed by atoms with Crippen molar-refractivity contribution in [3.8, 4) is 0 Å². The summed E-state index contributed by atoms with van der Waals surface area (Å²) < 4.78 is 0. The van der Waals surface area contributed by atoms with E-state index >= 15 is 0 Å². The largest absolute Gasteiger partial charge is 0.309 e. The number of nitrogens with one attached hydrogen (secondary N) is 1. The van der Waals surface area contributed by atoms with Crippen LogP contribution in [-0.4, -0.2) is 31.1 Å². The van der Waals surface area contributed by atoms with E-state index in [2.05, 4.69) is 48.3 Å². The van der Waals surface area contributed by atoms with Gasteiger partial charge in [-0.15, -0.1) is 0 Å². The standard InChI is InChI=1S/C16H26N2/c1-3-11-18(12-4-2)13-16-15-8-6-5-7-14(15)9-10-17-16/h5-8,16-17H,3-4,9-13H2,1-2H3/t16-/m0/s1. The summed E-state index contributed by atoms with van der Waals surface area (Å²) in [6.45, 7) is 9.24. The number of rotatable bonds is 6. The van der Waals surface area contributed by atoms with E-state index in [4.69, 9.17) is 0 Å². The van der Waals surface area contributed by atoms with Gasteiger partial charge >= 0.3 is 0 Å². The van der Waals surface area contributed by atoms with Crippen LogP contribution in [0.4, 0.5) is 0 Å². The fourth-order valence-electron chi connectivity index (χ4n) is 2.94. The minimum absolute atomic E-state index is 0.521. The fraction of sp³-hybridized carbons (Fsp3) is 0.625. The maximum absolute atomic E-state index is 3.68. The molecule has 1 aromatic rings. The Kier molecular flexibility index (Phi) is 5.21. The van der Waals surface area contributed by atoms with Crippen molar-refractivity contribution in [2.24, 2.45) is 0 Å². The molecule has 0 saturated heterocycles. The molecule has 0 bridgehead atoms. The summed E-state index contributed by atoms with van der Waals surface area (Å²) in [5, 5.41) is 3.68.